The zero-order chi connectivity index (χ0) is 18.1. The summed E-state index contributed by atoms with van der Waals surface area (Å²) in [6, 6.07) is 13.0. The summed E-state index contributed by atoms with van der Waals surface area (Å²) in [7, 11) is 1.58. The molecule has 1 N–H and O–H groups in total. The molecule has 0 bridgehead atoms. The summed E-state index contributed by atoms with van der Waals surface area (Å²) in [5.41, 5.74) is 1.67. The lowest BCUT2D eigenvalue weighted by Gasteiger charge is -2.12. The molecule has 0 aliphatic rings. The van der Waals surface area contributed by atoms with Crippen LogP contribution in [0.25, 0.3) is 0 Å². The Hall–Kier alpha value is -2.69. The van der Waals surface area contributed by atoms with Crippen molar-refractivity contribution in [2.24, 2.45) is 0 Å². The number of hydrogen-bond acceptors (Lipinski definition) is 4. The van der Waals surface area contributed by atoms with Gasteiger partial charge in [-0.05, 0) is 56.2 Å². The third-order valence-corrected chi connectivity index (χ3v) is 3.64. The molecule has 0 spiro atoms. The standard InChI is InChI=1S/C20H25NO4/c1-4-24-18-10-9-15(13-19(18)25-5-2)11-12-21-20(22)16-7-6-8-17(14-16)23-3/h6-10,13-14H,4-5,11-12H2,1-3H3,(H,21,22). The highest BCUT2D eigenvalue weighted by Gasteiger charge is 2.08. The van der Waals surface area contributed by atoms with Gasteiger partial charge in [0.05, 0.1) is 20.3 Å². The normalized spacial score (nSPS) is 10.2. The maximum atomic E-state index is 12.2. The Bertz CT molecular complexity index is 700. The molecule has 0 saturated carbocycles. The molecule has 134 valence electrons. The average molecular weight is 343 g/mol. The number of carbonyl (C=O) groups is 1. The van der Waals surface area contributed by atoms with E-state index < -0.39 is 0 Å². The van der Waals surface area contributed by atoms with Crippen molar-refractivity contribution in [3.05, 3.63) is 53.6 Å². The van der Waals surface area contributed by atoms with Crippen LogP contribution >= 0.6 is 0 Å². The topological polar surface area (TPSA) is 56.8 Å². The molecule has 0 fully saturated rings. The second kappa shape index (κ2) is 9.57. The first-order valence-electron chi connectivity index (χ1n) is 8.48. The molecule has 5 nitrogen and oxygen atoms in total. The highest BCUT2D eigenvalue weighted by Crippen LogP contribution is 2.28. The molecule has 0 aliphatic carbocycles. The summed E-state index contributed by atoms with van der Waals surface area (Å²) >= 11 is 0. The van der Waals surface area contributed by atoms with Gasteiger partial charge < -0.3 is 19.5 Å². The van der Waals surface area contributed by atoms with Crippen LogP contribution in [0.1, 0.15) is 29.8 Å². The quantitative estimate of drug-likeness (QED) is 0.757. The van der Waals surface area contributed by atoms with Gasteiger partial charge in [0.25, 0.3) is 5.91 Å². The molecule has 2 aromatic rings. The van der Waals surface area contributed by atoms with E-state index in [1.807, 2.05) is 38.1 Å². The number of ether oxygens (including phenoxy) is 3. The largest absolute Gasteiger partial charge is 0.497 e. The Morgan fingerprint density at radius 3 is 2.48 bits per heavy atom. The lowest BCUT2D eigenvalue weighted by atomic mass is 10.1. The predicted molar refractivity (Wildman–Crippen MR) is 97.8 cm³/mol. The Morgan fingerprint density at radius 2 is 1.76 bits per heavy atom. The van der Waals surface area contributed by atoms with Crippen molar-refractivity contribution in [2.75, 3.05) is 26.9 Å². The number of hydrogen-bond donors (Lipinski definition) is 1. The zero-order valence-electron chi connectivity index (χ0n) is 15.0. The first-order valence-corrected chi connectivity index (χ1v) is 8.48. The van der Waals surface area contributed by atoms with Gasteiger partial charge in [0.1, 0.15) is 5.75 Å². The number of nitrogens with one attached hydrogen (secondary N) is 1. The minimum atomic E-state index is -0.116. The monoisotopic (exact) mass is 343 g/mol. The highest BCUT2D eigenvalue weighted by molar-refractivity contribution is 5.94. The lowest BCUT2D eigenvalue weighted by Crippen LogP contribution is -2.25. The van der Waals surface area contributed by atoms with E-state index in [-0.39, 0.29) is 5.91 Å². The summed E-state index contributed by atoms with van der Waals surface area (Å²) in [5, 5.41) is 2.92. The second-order valence-corrected chi connectivity index (χ2v) is 5.38. The SMILES string of the molecule is CCOc1ccc(CCNC(=O)c2cccc(OC)c2)cc1OCC. The van der Waals surface area contributed by atoms with Crippen LogP contribution < -0.4 is 19.5 Å². The average Bonchev–Trinajstić information content (AvgIpc) is 2.64. The van der Waals surface area contributed by atoms with Crippen molar-refractivity contribution < 1.29 is 19.0 Å². The number of amides is 1. The van der Waals surface area contributed by atoms with Gasteiger partial charge in [-0.2, -0.15) is 0 Å². The minimum Gasteiger partial charge on any atom is -0.497 e. The second-order valence-electron chi connectivity index (χ2n) is 5.38. The van der Waals surface area contributed by atoms with Gasteiger partial charge in [-0.1, -0.05) is 12.1 Å². The summed E-state index contributed by atoms with van der Waals surface area (Å²) in [5.74, 6) is 2.03. The Labute approximate surface area is 148 Å². The number of benzene rings is 2. The van der Waals surface area contributed by atoms with Crippen molar-refractivity contribution in [1.82, 2.24) is 5.32 Å². The van der Waals surface area contributed by atoms with Crippen LogP contribution in [0.3, 0.4) is 0 Å². The Kier molecular flexibility index (Phi) is 7.14. The summed E-state index contributed by atoms with van der Waals surface area (Å²) in [6.07, 6.45) is 0.711. The fourth-order valence-corrected chi connectivity index (χ4v) is 2.44. The van der Waals surface area contributed by atoms with Crippen LogP contribution in [0.2, 0.25) is 0 Å². The smallest absolute Gasteiger partial charge is 0.251 e. The molecule has 2 rings (SSSR count). The van der Waals surface area contributed by atoms with Gasteiger partial charge in [0.15, 0.2) is 11.5 Å². The number of carbonyl (C=O) groups excluding carboxylic acids is 1. The Morgan fingerprint density at radius 1 is 1.00 bits per heavy atom. The number of methoxy groups -OCH3 is 1. The molecule has 5 heteroatoms. The van der Waals surface area contributed by atoms with Crippen LogP contribution in [0, 0.1) is 0 Å². The first kappa shape index (κ1) is 18.6. The molecular weight excluding hydrogens is 318 g/mol. The first-order chi connectivity index (χ1) is 12.2. The molecule has 25 heavy (non-hydrogen) atoms. The van der Waals surface area contributed by atoms with Crippen LogP contribution in [0.15, 0.2) is 42.5 Å². The lowest BCUT2D eigenvalue weighted by molar-refractivity contribution is 0.0954. The van der Waals surface area contributed by atoms with Crippen LogP contribution in [0.5, 0.6) is 17.2 Å². The maximum Gasteiger partial charge on any atom is 0.251 e. The molecule has 0 atom stereocenters. The molecule has 0 aliphatic heterocycles. The van der Waals surface area contributed by atoms with E-state index in [1.165, 1.54) is 0 Å². The predicted octanol–water partition coefficient (Wildman–Crippen LogP) is 3.47. The van der Waals surface area contributed by atoms with Crippen LogP contribution in [-0.2, 0) is 6.42 Å². The van der Waals surface area contributed by atoms with E-state index in [0.29, 0.717) is 37.5 Å². The molecule has 2 aromatic carbocycles. The summed E-state index contributed by atoms with van der Waals surface area (Å²) < 4.78 is 16.3. The van der Waals surface area contributed by atoms with E-state index >= 15 is 0 Å². The maximum absolute atomic E-state index is 12.2. The Balaban J connectivity index is 1.94. The molecule has 0 aromatic heterocycles. The van der Waals surface area contributed by atoms with Gasteiger partial charge in [0, 0.05) is 12.1 Å². The van der Waals surface area contributed by atoms with Crippen LogP contribution in [0.4, 0.5) is 0 Å². The van der Waals surface area contributed by atoms with Crippen LogP contribution in [-0.4, -0.2) is 32.8 Å². The van der Waals surface area contributed by atoms with E-state index in [0.717, 1.165) is 17.1 Å². The van der Waals surface area contributed by atoms with Gasteiger partial charge in [-0.3, -0.25) is 4.79 Å². The third kappa shape index (κ3) is 5.41. The molecule has 0 saturated heterocycles. The molecule has 0 unspecified atom stereocenters. The van der Waals surface area contributed by atoms with E-state index in [4.69, 9.17) is 14.2 Å². The van der Waals surface area contributed by atoms with Crippen molar-refractivity contribution in [1.29, 1.82) is 0 Å². The van der Waals surface area contributed by atoms with E-state index in [9.17, 15) is 4.79 Å². The van der Waals surface area contributed by atoms with Crippen molar-refractivity contribution in [3.63, 3.8) is 0 Å². The summed E-state index contributed by atoms with van der Waals surface area (Å²) in [6.45, 7) is 5.59. The number of rotatable bonds is 9. The molecule has 0 radical (unpaired) electrons. The molecule has 0 heterocycles. The van der Waals surface area contributed by atoms with Gasteiger partial charge in [-0.15, -0.1) is 0 Å². The highest BCUT2D eigenvalue weighted by atomic mass is 16.5. The van der Waals surface area contributed by atoms with E-state index in [1.54, 1.807) is 25.3 Å². The molecule has 1 amide bonds. The third-order valence-electron chi connectivity index (χ3n) is 3.64. The van der Waals surface area contributed by atoms with Gasteiger partial charge in [-0.25, -0.2) is 0 Å². The van der Waals surface area contributed by atoms with Gasteiger partial charge >= 0.3 is 0 Å². The minimum absolute atomic E-state index is 0.116. The molecular formula is C20H25NO4. The zero-order valence-corrected chi connectivity index (χ0v) is 15.0. The van der Waals surface area contributed by atoms with Crippen molar-refractivity contribution in [3.8, 4) is 17.2 Å². The summed E-state index contributed by atoms with van der Waals surface area (Å²) in [4.78, 5) is 12.2. The van der Waals surface area contributed by atoms with Gasteiger partial charge in [0.2, 0.25) is 0 Å². The van der Waals surface area contributed by atoms with Crippen molar-refractivity contribution >= 4 is 5.91 Å². The fourth-order valence-electron chi connectivity index (χ4n) is 2.44. The van der Waals surface area contributed by atoms with E-state index in [2.05, 4.69) is 5.32 Å². The van der Waals surface area contributed by atoms with Crippen molar-refractivity contribution in [2.45, 2.75) is 20.3 Å². The fraction of sp³-hybridized carbons (Fsp3) is 0.350.